The molecule has 15 rings (SSSR count). The van der Waals surface area contributed by atoms with Gasteiger partial charge in [0.2, 0.25) is 0 Å². The van der Waals surface area contributed by atoms with Crippen molar-refractivity contribution in [2.75, 3.05) is 9.80 Å². The Morgan fingerprint density at radius 1 is 0.214 bits per heavy atom. The van der Waals surface area contributed by atoms with Gasteiger partial charge >= 0.3 is 0 Å². The molecule has 2 aliphatic rings. The molecule has 0 fully saturated rings. The van der Waals surface area contributed by atoms with E-state index in [1.807, 2.05) is 0 Å². The topological polar surface area (TPSA) is 6.48 Å². The van der Waals surface area contributed by atoms with Crippen LogP contribution >= 0.6 is 0 Å². The van der Waals surface area contributed by atoms with Gasteiger partial charge in [-0.05, 0) is 179 Å². The average molecular weight is 1070 g/mol. The van der Waals surface area contributed by atoms with Crippen LogP contribution < -0.4 is 9.80 Å². The molecule has 1 atom stereocenters. The van der Waals surface area contributed by atoms with E-state index in [-0.39, 0.29) is 5.41 Å². The SMILES string of the molecule is CC1(C)c2ccccc2-c2ccc(N(c3ccc(-c4ccccc4)cc3)c3ccc4c(c3)C(c3ccccc3)(c3cccc(-c5ccccc5)c3)c3cccc(-c5ccc(N(c6ccccc6)c6ccc(-c7ccccc7)cc6)cc5)c3-4)cc21. The average Bonchev–Trinajstić information content (AvgIpc) is 1.66. The summed E-state index contributed by atoms with van der Waals surface area (Å²) in [4.78, 5) is 4.84. The van der Waals surface area contributed by atoms with Gasteiger partial charge in [0.05, 0.1) is 5.41 Å². The number of fused-ring (bicyclic) bond motifs is 6. The maximum Gasteiger partial charge on any atom is 0.0714 e. The van der Waals surface area contributed by atoms with Crippen molar-refractivity contribution in [1.29, 1.82) is 0 Å². The summed E-state index contributed by atoms with van der Waals surface area (Å²) in [5.74, 6) is 0. The highest BCUT2D eigenvalue weighted by Gasteiger charge is 2.48. The maximum absolute atomic E-state index is 2.52. The van der Waals surface area contributed by atoms with Gasteiger partial charge in [-0.2, -0.15) is 0 Å². The molecule has 398 valence electrons. The van der Waals surface area contributed by atoms with Crippen molar-refractivity contribution in [3.05, 3.63) is 361 Å². The lowest BCUT2D eigenvalue weighted by atomic mass is 9.67. The maximum atomic E-state index is 2.52. The van der Waals surface area contributed by atoms with E-state index in [2.05, 4.69) is 351 Å². The molecule has 0 radical (unpaired) electrons. The van der Waals surface area contributed by atoms with Crippen molar-refractivity contribution < 1.29 is 0 Å². The number of benzene rings is 13. The third kappa shape index (κ3) is 8.49. The highest BCUT2D eigenvalue weighted by atomic mass is 15.1. The van der Waals surface area contributed by atoms with Crippen molar-refractivity contribution in [3.63, 3.8) is 0 Å². The van der Waals surface area contributed by atoms with Crippen LogP contribution in [0.3, 0.4) is 0 Å². The Morgan fingerprint density at radius 3 is 1.17 bits per heavy atom. The molecule has 0 aromatic heterocycles. The molecular weight excluding hydrogens is 1010 g/mol. The van der Waals surface area contributed by atoms with Crippen molar-refractivity contribution >= 4 is 34.1 Å². The third-order valence-electron chi connectivity index (χ3n) is 17.8. The summed E-state index contributed by atoms with van der Waals surface area (Å²) < 4.78 is 0. The van der Waals surface area contributed by atoms with E-state index in [1.165, 1.54) is 94.6 Å². The van der Waals surface area contributed by atoms with E-state index in [0.717, 1.165) is 39.7 Å². The first-order valence-corrected chi connectivity index (χ1v) is 29.2. The number of para-hydroxylation sites is 1. The predicted octanol–water partition coefficient (Wildman–Crippen LogP) is 22.0. The standard InChI is InChI=1S/C82H60N2/c1-81(2)76-36-19-18-34-73(76)74-52-50-70(55-78(74)81)84(69-46-40-61(41-47-69)58-24-10-4-11-25-58)71-51-53-75-79(56-71)82(64-29-14-6-15-30-64,65-31-20-28-63(54-65)59-26-12-5-13-27-59)77-37-21-35-72(80(75)77)62-42-48-68(49-43-62)83(66-32-16-7-17-33-66)67-44-38-60(39-45-67)57-22-8-3-9-23-57/h3-56H,1-2H3. The minimum atomic E-state index is -0.719. The van der Waals surface area contributed by atoms with Crippen LogP contribution in [0.15, 0.2) is 328 Å². The quantitative estimate of drug-likeness (QED) is 0.120. The highest BCUT2D eigenvalue weighted by Crippen LogP contribution is 2.60. The molecule has 1 unspecified atom stereocenters. The van der Waals surface area contributed by atoms with Gasteiger partial charge in [0.1, 0.15) is 0 Å². The summed E-state index contributed by atoms with van der Waals surface area (Å²) in [5, 5.41) is 0. The van der Waals surface area contributed by atoms with Crippen LogP contribution in [0.5, 0.6) is 0 Å². The first-order valence-electron chi connectivity index (χ1n) is 29.2. The zero-order valence-corrected chi connectivity index (χ0v) is 47.1. The number of hydrogen-bond donors (Lipinski definition) is 0. The Morgan fingerprint density at radius 2 is 0.583 bits per heavy atom. The van der Waals surface area contributed by atoms with E-state index in [0.29, 0.717) is 0 Å². The highest BCUT2D eigenvalue weighted by molar-refractivity contribution is 5.98. The minimum absolute atomic E-state index is 0.181. The Kier molecular flexibility index (Phi) is 12.5. The molecule has 0 bridgehead atoms. The van der Waals surface area contributed by atoms with E-state index < -0.39 is 5.41 Å². The van der Waals surface area contributed by atoms with Crippen LogP contribution in [-0.2, 0) is 10.8 Å². The fraction of sp³-hybridized carbons (Fsp3) is 0.0488. The van der Waals surface area contributed by atoms with E-state index in [9.17, 15) is 0 Å². The van der Waals surface area contributed by atoms with Gasteiger partial charge in [-0.25, -0.2) is 0 Å². The summed E-state index contributed by atoms with van der Waals surface area (Å²) >= 11 is 0. The summed E-state index contributed by atoms with van der Waals surface area (Å²) in [6.45, 7) is 4.75. The van der Waals surface area contributed by atoms with Crippen LogP contribution in [0.25, 0.3) is 66.8 Å². The van der Waals surface area contributed by atoms with Crippen LogP contribution in [0.4, 0.5) is 34.1 Å². The van der Waals surface area contributed by atoms with E-state index >= 15 is 0 Å². The first-order chi connectivity index (χ1) is 41.4. The van der Waals surface area contributed by atoms with Crippen LogP contribution in [0, 0.1) is 0 Å². The third-order valence-corrected chi connectivity index (χ3v) is 17.8. The van der Waals surface area contributed by atoms with Gasteiger partial charge < -0.3 is 9.80 Å². The number of rotatable bonds is 12. The second-order valence-electron chi connectivity index (χ2n) is 22.8. The lowest BCUT2D eigenvalue weighted by Crippen LogP contribution is -2.29. The van der Waals surface area contributed by atoms with Gasteiger partial charge in [0, 0.05) is 39.5 Å². The Bertz CT molecular complexity index is 4520. The minimum Gasteiger partial charge on any atom is -0.311 e. The smallest absolute Gasteiger partial charge is 0.0714 e. The molecular formula is C82H60N2. The molecule has 0 N–H and O–H groups in total. The van der Waals surface area contributed by atoms with Crippen molar-refractivity contribution in [2.45, 2.75) is 24.7 Å². The van der Waals surface area contributed by atoms with E-state index in [4.69, 9.17) is 0 Å². The monoisotopic (exact) mass is 1070 g/mol. The summed E-state index contributed by atoms with van der Waals surface area (Å²) in [5.41, 5.74) is 27.9. The van der Waals surface area contributed by atoms with Crippen molar-refractivity contribution in [3.8, 4) is 66.8 Å². The van der Waals surface area contributed by atoms with Crippen LogP contribution in [0.2, 0.25) is 0 Å². The van der Waals surface area contributed by atoms with Gasteiger partial charge in [0.15, 0.2) is 0 Å². The first kappa shape index (κ1) is 50.4. The molecule has 0 saturated heterocycles. The van der Waals surface area contributed by atoms with Crippen LogP contribution in [0.1, 0.15) is 47.2 Å². The second kappa shape index (κ2) is 20.8. The molecule has 2 nitrogen and oxygen atoms in total. The normalized spacial score (nSPS) is 14.2. The molecule has 0 heterocycles. The van der Waals surface area contributed by atoms with Crippen molar-refractivity contribution in [1.82, 2.24) is 0 Å². The number of anilines is 6. The Balaban J connectivity index is 0.932. The number of hydrogen-bond acceptors (Lipinski definition) is 2. The molecule has 0 aliphatic heterocycles. The largest absolute Gasteiger partial charge is 0.311 e. The van der Waals surface area contributed by atoms with Gasteiger partial charge in [0.25, 0.3) is 0 Å². The molecule has 13 aromatic carbocycles. The zero-order chi connectivity index (χ0) is 56.2. The fourth-order valence-corrected chi connectivity index (χ4v) is 13.7. The van der Waals surface area contributed by atoms with Gasteiger partial charge in [-0.15, -0.1) is 0 Å². The molecule has 2 heteroatoms. The van der Waals surface area contributed by atoms with Gasteiger partial charge in [-0.1, -0.05) is 263 Å². The van der Waals surface area contributed by atoms with E-state index in [1.54, 1.807) is 0 Å². The molecule has 84 heavy (non-hydrogen) atoms. The molecule has 0 saturated carbocycles. The molecule has 2 aliphatic carbocycles. The van der Waals surface area contributed by atoms with Crippen molar-refractivity contribution in [2.24, 2.45) is 0 Å². The Labute approximate surface area is 493 Å². The number of nitrogens with zero attached hydrogens (tertiary/aromatic N) is 2. The summed E-state index contributed by atoms with van der Waals surface area (Å²) in [6.07, 6.45) is 0. The molecule has 0 amide bonds. The zero-order valence-electron chi connectivity index (χ0n) is 47.1. The molecule has 0 spiro atoms. The van der Waals surface area contributed by atoms with Crippen LogP contribution in [-0.4, -0.2) is 0 Å². The lowest BCUT2D eigenvalue weighted by Gasteiger charge is -2.35. The Hall–Kier alpha value is -10.5. The predicted molar refractivity (Wildman–Crippen MR) is 352 cm³/mol. The summed E-state index contributed by atoms with van der Waals surface area (Å²) in [6, 6.07) is 121. The lowest BCUT2D eigenvalue weighted by molar-refractivity contribution is 0.660. The summed E-state index contributed by atoms with van der Waals surface area (Å²) in [7, 11) is 0. The second-order valence-corrected chi connectivity index (χ2v) is 22.8. The molecule has 13 aromatic rings. The van der Waals surface area contributed by atoms with Gasteiger partial charge in [-0.3, -0.25) is 0 Å². The fourth-order valence-electron chi connectivity index (χ4n) is 13.7.